The molecule has 0 radical (unpaired) electrons. The molecule has 0 saturated heterocycles. The van der Waals surface area contributed by atoms with Gasteiger partial charge in [-0.15, -0.1) is 0 Å². The Bertz CT molecular complexity index is 293. The van der Waals surface area contributed by atoms with Gasteiger partial charge in [0, 0.05) is 6.54 Å². The summed E-state index contributed by atoms with van der Waals surface area (Å²) in [6, 6.07) is 10.1. The van der Waals surface area contributed by atoms with Gasteiger partial charge in [-0.05, 0) is 17.1 Å². The van der Waals surface area contributed by atoms with Gasteiger partial charge in [0.05, 0.1) is 6.61 Å². The Hall–Kier alpha value is -1.12. The summed E-state index contributed by atoms with van der Waals surface area (Å²) in [6.45, 7) is 9.62. The van der Waals surface area contributed by atoms with Gasteiger partial charge in [-0.2, -0.15) is 5.48 Å². The van der Waals surface area contributed by atoms with Gasteiger partial charge >= 0.3 is 0 Å². The van der Waals surface area contributed by atoms with E-state index >= 15 is 0 Å². The first-order chi connectivity index (χ1) is 7.20. The topological polar surface area (TPSA) is 21.3 Å². The molecule has 0 bridgehead atoms. The summed E-state index contributed by atoms with van der Waals surface area (Å²) in [7, 11) is 0. The predicted molar refractivity (Wildman–Crippen MR) is 64.3 cm³/mol. The van der Waals surface area contributed by atoms with Crippen molar-refractivity contribution in [2.45, 2.75) is 13.8 Å². The fraction of sp³-hybridized carbons (Fsp3) is 0.385. The standard InChI is InChI=1S/C13H19NO/c1-11(2)10-15-14-9-12(3)13-7-5-4-6-8-13/h4-8,11,14H,3,9-10H2,1-2H3. The van der Waals surface area contributed by atoms with E-state index in [9.17, 15) is 0 Å². The van der Waals surface area contributed by atoms with Crippen LogP contribution in [0.4, 0.5) is 0 Å². The van der Waals surface area contributed by atoms with Gasteiger partial charge in [-0.1, -0.05) is 50.8 Å². The third-order valence-electron chi connectivity index (χ3n) is 1.99. The first kappa shape index (κ1) is 12.0. The molecule has 0 amide bonds. The lowest BCUT2D eigenvalue weighted by Crippen LogP contribution is -2.19. The van der Waals surface area contributed by atoms with Gasteiger partial charge in [0.1, 0.15) is 0 Å². The van der Waals surface area contributed by atoms with Crippen LogP contribution in [0, 0.1) is 5.92 Å². The van der Waals surface area contributed by atoms with Gasteiger partial charge in [0.25, 0.3) is 0 Å². The van der Waals surface area contributed by atoms with E-state index in [1.165, 1.54) is 0 Å². The predicted octanol–water partition coefficient (Wildman–Crippen LogP) is 2.88. The number of hydrogen-bond donors (Lipinski definition) is 1. The Kier molecular flexibility index (Phi) is 5.08. The minimum Gasteiger partial charge on any atom is -0.301 e. The molecule has 1 rings (SSSR count). The van der Waals surface area contributed by atoms with Gasteiger partial charge < -0.3 is 4.84 Å². The summed E-state index contributed by atoms with van der Waals surface area (Å²) >= 11 is 0. The van der Waals surface area contributed by atoms with Crippen molar-refractivity contribution in [2.24, 2.45) is 5.92 Å². The summed E-state index contributed by atoms with van der Waals surface area (Å²) in [5.41, 5.74) is 5.11. The van der Waals surface area contributed by atoms with E-state index in [2.05, 4.69) is 25.9 Å². The van der Waals surface area contributed by atoms with Crippen LogP contribution in [0.5, 0.6) is 0 Å². The highest BCUT2D eigenvalue weighted by Gasteiger charge is 1.98. The Morgan fingerprint density at radius 1 is 1.33 bits per heavy atom. The molecule has 0 heterocycles. The van der Waals surface area contributed by atoms with E-state index < -0.39 is 0 Å². The average Bonchev–Trinajstić information content (AvgIpc) is 2.25. The number of nitrogens with one attached hydrogen (secondary N) is 1. The summed E-state index contributed by atoms with van der Waals surface area (Å²) < 4.78 is 0. The molecule has 15 heavy (non-hydrogen) atoms. The molecule has 0 fully saturated rings. The average molecular weight is 205 g/mol. The van der Waals surface area contributed by atoms with Gasteiger partial charge in [-0.3, -0.25) is 0 Å². The molecule has 82 valence electrons. The Morgan fingerprint density at radius 2 is 2.00 bits per heavy atom. The van der Waals surface area contributed by atoms with E-state index in [1.54, 1.807) is 0 Å². The molecule has 1 aromatic rings. The summed E-state index contributed by atoms with van der Waals surface area (Å²) in [5, 5.41) is 0. The first-order valence-corrected chi connectivity index (χ1v) is 5.28. The molecule has 0 aliphatic rings. The molecule has 0 spiro atoms. The van der Waals surface area contributed by atoms with Crippen LogP contribution >= 0.6 is 0 Å². The van der Waals surface area contributed by atoms with Gasteiger partial charge in [-0.25, -0.2) is 0 Å². The number of hydroxylamine groups is 1. The highest BCUT2D eigenvalue weighted by Crippen LogP contribution is 2.09. The monoisotopic (exact) mass is 205 g/mol. The third kappa shape index (κ3) is 4.77. The maximum Gasteiger partial charge on any atom is 0.0705 e. The lowest BCUT2D eigenvalue weighted by Gasteiger charge is -2.09. The van der Waals surface area contributed by atoms with Crippen LogP contribution in [-0.2, 0) is 4.84 Å². The molecule has 0 aliphatic heterocycles. The molecule has 1 N–H and O–H groups in total. The Labute approximate surface area is 91.9 Å². The molecule has 0 saturated carbocycles. The zero-order valence-corrected chi connectivity index (χ0v) is 9.49. The normalized spacial score (nSPS) is 10.6. The summed E-state index contributed by atoms with van der Waals surface area (Å²) in [4.78, 5) is 5.28. The van der Waals surface area contributed by atoms with Crippen molar-refractivity contribution in [1.82, 2.24) is 5.48 Å². The van der Waals surface area contributed by atoms with Crippen molar-refractivity contribution in [3.05, 3.63) is 42.5 Å². The van der Waals surface area contributed by atoms with Gasteiger partial charge in [0.2, 0.25) is 0 Å². The number of rotatable bonds is 6. The Morgan fingerprint density at radius 3 is 2.60 bits per heavy atom. The van der Waals surface area contributed by atoms with E-state index in [1.807, 2.05) is 30.3 Å². The van der Waals surface area contributed by atoms with Crippen LogP contribution in [0.1, 0.15) is 19.4 Å². The molecule has 1 aromatic carbocycles. The van der Waals surface area contributed by atoms with Crippen LogP contribution in [0.2, 0.25) is 0 Å². The van der Waals surface area contributed by atoms with Crippen LogP contribution in [-0.4, -0.2) is 13.2 Å². The molecule has 0 aromatic heterocycles. The molecule has 0 unspecified atom stereocenters. The zero-order valence-electron chi connectivity index (χ0n) is 9.49. The fourth-order valence-electron chi connectivity index (χ4n) is 1.14. The van der Waals surface area contributed by atoms with Crippen molar-refractivity contribution in [3.63, 3.8) is 0 Å². The molecule has 2 heteroatoms. The summed E-state index contributed by atoms with van der Waals surface area (Å²) in [6.07, 6.45) is 0. The minimum atomic E-state index is 0.544. The smallest absolute Gasteiger partial charge is 0.0705 e. The maximum atomic E-state index is 5.28. The van der Waals surface area contributed by atoms with Crippen molar-refractivity contribution >= 4 is 5.57 Å². The molecule has 0 atom stereocenters. The largest absolute Gasteiger partial charge is 0.301 e. The maximum absolute atomic E-state index is 5.28. The van der Waals surface area contributed by atoms with E-state index in [4.69, 9.17) is 4.84 Å². The second-order valence-corrected chi connectivity index (χ2v) is 4.00. The molecular weight excluding hydrogens is 186 g/mol. The molecular formula is C13H19NO. The van der Waals surface area contributed by atoms with Crippen LogP contribution in [0.3, 0.4) is 0 Å². The highest BCUT2D eigenvalue weighted by molar-refractivity contribution is 5.64. The highest BCUT2D eigenvalue weighted by atomic mass is 16.6. The zero-order chi connectivity index (χ0) is 11.1. The van der Waals surface area contributed by atoms with Crippen LogP contribution in [0.15, 0.2) is 36.9 Å². The van der Waals surface area contributed by atoms with Crippen molar-refractivity contribution < 1.29 is 4.84 Å². The van der Waals surface area contributed by atoms with E-state index in [-0.39, 0.29) is 0 Å². The third-order valence-corrected chi connectivity index (χ3v) is 1.99. The van der Waals surface area contributed by atoms with Crippen LogP contribution in [0.25, 0.3) is 5.57 Å². The first-order valence-electron chi connectivity index (χ1n) is 5.28. The minimum absolute atomic E-state index is 0.544. The van der Waals surface area contributed by atoms with E-state index in [0.717, 1.165) is 17.7 Å². The van der Waals surface area contributed by atoms with E-state index in [0.29, 0.717) is 12.5 Å². The quantitative estimate of drug-likeness (QED) is 0.569. The number of benzene rings is 1. The lowest BCUT2D eigenvalue weighted by atomic mass is 10.1. The number of hydrogen-bond acceptors (Lipinski definition) is 2. The second kappa shape index (κ2) is 6.38. The van der Waals surface area contributed by atoms with Gasteiger partial charge in [0.15, 0.2) is 0 Å². The molecule has 2 nitrogen and oxygen atoms in total. The molecule has 0 aliphatic carbocycles. The van der Waals surface area contributed by atoms with Crippen molar-refractivity contribution in [1.29, 1.82) is 0 Å². The fourth-order valence-corrected chi connectivity index (χ4v) is 1.14. The van der Waals surface area contributed by atoms with Crippen LogP contribution < -0.4 is 5.48 Å². The Balaban J connectivity index is 2.25. The summed E-state index contributed by atoms with van der Waals surface area (Å²) in [5.74, 6) is 0.544. The lowest BCUT2D eigenvalue weighted by molar-refractivity contribution is 0.0318. The second-order valence-electron chi connectivity index (χ2n) is 4.00. The van der Waals surface area contributed by atoms with Crippen molar-refractivity contribution in [2.75, 3.05) is 13.2 Å². The van der Waals surface area contributed by atoms with Crippen molar-refractivity contribution in [3.8, 4) is 0 Å². The SMILES string of the molecule is C=C(CNOCC(C)C)c1ccccc1.